The van der Waals surface area contributed by atoms with Gasteiger partial charge < -0.3 is 10.4 Å². The molecule has 0 radical (unpaired) electrons. The second-order valence-electron chi connectivity index (χ2n) is 4.03. The van der Waals surface area contributed by atoms with Crippen molar-refractivity contribution in [2.45, 2.75) is 0 Å². The molecule has 94 valence electrons. The number of carbonyl (C=O) groups excluding carboxylic acids is 1. The quantitative estimate of drug-likeness (QED) is 0.651. The van der Waals surface area contributed by atoms with Crippen LogP contribution in [0.15, 0.2) is 42.5 Å². The van der Waals surface area contributed by atoms with Gasteiger partial charge in [0.2, 0.25) is 0 Å². The number of nitrogens with one attached hydrogen (secondary N) is 2. The maximum atomic E-state index is 12.0. The van der Waals surface area contributed by atoms with Crippen LogP contribution in [-0.2, 0) is 0 Å². The molecule has 6 heteroatoms. The van der Waals surface area contributed by atoms with Gasteiger partial charge in [0.15, 0.2) is 0 Å². The first-order chi connectivity index (χ1) is 9.22. The van der Waals surface area contributed by atoms with Crippen LogP contribution in [0, 0.1) is 0 Å². The Bertz CT molecular complexity index is 751. The zero-order chi connectivity index (χ0) is 13.2. The van der Waals surface area contributed by atoms with Crippen LogP contribution in [0.3, 0.4) is 0 Å². The second-order valence-corrected chi connectivity index (χ2v) is 4.03. The molecule has 1 aromatic heterocycles. The highest BCUT2D eigenvalue weighted by atomic mass is 16.3. The number of rotatable bonds is 2. The molecule has 19 heavy (non-hydrogen) atoms. The molecule has 3 rings (SSSR count). The monoisotopic (exact) mass is 254 g/mol. The average Bonchev–Trinajstić information content (AvgIpc) is 2.85. The van der Waals surface area contributed by atoms with E-state index in [2.05, 4.69) is 20.7 Å². The van der Waals surface area contributed by atoms with Crippen molar-refractivity contribution in [3.63, 3.8) is 0 Å². The molecule has 0 aliphatic carbocycles. The van der Waals surface area contributed by atoms with Crippen molar-refractivity contribution in [2.75, 3.05) is 5.32 Å². The van der Waals surface area contributed by atoms with Gasteiger partial charge in [-0.3, -0.25) is 4.79 Å². The van der Waals surface area contributed by atoms with Crippen LogP contribution in [0.1, 0.15) is 10.4 Å². The molecule has 3 aromatic rings. The van der Waals surface area contributed by atoms with E-state index in [4.69, 9.17) is 0 Å². The average molecular weight is 254 g/mol. The maximum absolute atomic E-state index is 12.0. The van der Waals surface area contributed by atoms with Gasteiger partial charge in [0.1, 0.15) is 16.8 Å². The summed E-state index contributed by atoms with van der Waals surface area (Å²) in [4.78, 5) is 12.0. The highest BCUT2D eigenvalue weighted by Crippen LogP contribution is 2.17. The molecule has 0 saturated heterocycles. The van der Waals surface area contributed by atoms with Crippen molar-refractivity contribution < 1.29 is 9.90 Å². The summed E-state index contributed by atoms with van der Waals surface area (Å²) >= 11 is 0. The van der Waals surface area contributed by atoms with Crippen molar-refractivity contribution >= 4 is 22.6 Å². The van der Waals surface area contributed by atoms with E-state index in [0.29, 0.717) is 22.3 Å². The number of benzene rings is 2. The zero-order valence-corrected chi connectivity index (χ0v) is 9.79. The number of aromatic amines is 1. The van der Waals surface area contributed by atoms with E-state index in [9.17, 15) is 9.90 Å². The van der Waals surface area contributed by atoms with Gasteiger partial charge in [-0.05, 0) is 30.3 Å². The molecule has 0 aliphatic heterocycles. The number of hydrogen-bond acceptors (Lipinski definition) is 4. The van der Waals surface area contributed by atoms with Crippen LogP contribution in [0.4, 0.5) is 5.69 Å². The van der Waals surface area contributed by atoms with Crippen LogP contribution in [-0.4, -0.2) is 26.4 Å². The minimum Gasteiger partial charge on any atom is -0.508 e. The van der Waals surface area contributed by atoms with E-state index in [-0.39, 0.29) is 11.7 Å². The molecule has 0 atom stereocenters. The third-order valence-electron chi connectivity index (χ3n) is 2.68. The van der Waals surface area contributed by atoms with Crippen molar-refractivity contribution in [3.05, 3.63) is 48.0 Å². The molecule has 0 unspecified atom stereocenters. The number of aromatic hydroxyl groups is 1. The van der Waals surface area contributed by atoms with Crippen LogP contribution >= 0.6 is 0 Å². The fourth-order valence-electron chi connectivity index (χ4n) is 1.77. The van der Waals surface area contributed by atoms with Crippen LogP contribution in [0.2, 0.25) is 0 Å². The third kappa shape index (κ3) is 2.23. The zero-order valence-electron chi connectivity index (χ0n) is 9.79. The summed E-state index contributed by atoms with van der Waals surface area (Å²) in [5, 5.41) is 22.4. The maximum Gasteiger partial charge on any atom is 0.255 e. The van der Waals surface area contributed by atoms with Crippen molar-refractivity contribution in [1.82, 2.24) is 15.4 Å². The number of aromatic nitrogens is 3. The van der Waals surface area contributed by atoms with E-state index in [1.54, 1.807) is 30.3 Å². The summed E-state index contributed by atoms with van der Waals surface area (Å²) < 4.78 is 0. The lowest BCUT2D eigenvalue weighted by Crippen LogP contribution is -2.11. The SMILES string of the molecule is O=C(Nc1cccc(O)c1)c1ccc2n[nH]nc2c1. The topological polar surface area (TPSA) is 90.9 Å². The molecule has 0 bridgehead atoms. The molecular formula is C13H10N4O2. The molecule has 1 heterocycles. The Labute approximate surface area is 108 Å². The lowest BCUT2D eigenvalue weighted by Gasteiger charge is -2.05. The minimum atomic E-state index is -0.268. The number of phenolic OH excluding ortho intramolecular Hbond substituents is 1. The Balaban J connectivity index is 1.87. The largest absolute Gasteiger partial charge is 0.508 e. The fraction of sp³-hybridized carbons (Fsp3) is 0. The van der Waals surface area contributed by atoms with Gasteiger partial charge in [-0.25, -0.2) is 0 Å². The van der Waals surface area contributed by atoms with Gasteiger partial charge in [0.25, 0.3) is 5.91 Å². The molecule has 6 nitrogen and oxygen atoms in total. The summed E-state index contributed by atoms with van der Waals surface area (Å²) in [5.74, 6) is -0.166. The van der Waals surface area contributed by atoms with Crippen LogP contribution in [0.5, 0.6) is 5.75 Å². The molecule has 0 fully saturated rings. The van der Waals surface area contributed by atoms with Gasteiger partial charge in [0, 0.05) is 17.3 Å². The fourth-order valence-corrected chi connectivity index (χ4v) is 1.77. The Hall–Kier alpha value is -2.89. The first-order valence-electron chi connectivity index (χ1n) is 5.63. The second kappa shape index (κ2) is 4.41. The van der Waals surface area contributed by atoms with E-state index in [1.807, 2.05) is 0 Å². The molecule has 3 N–H and O–H groups in total. The van der Waals surface area contributed by atoms with E-state index in [0.717, 1.165) is 0 Å². The molecule has 2 aromatic carbocycles. The summed E-state index contributed by atoms with van der Waals surface area (Å²) in [6.07, 6.45) is 0. The molecule has 1 amide bonds. The Morgan fingerprint density at radius 3 is 2.79 bits per heavy atom. The number of nitrogens with zero attached hydrogens (tertiary/aromatic N) is 2. The van der Waals surface area contributed by atoms with E-state index >= 15 is 0 Å². The van der Waals surface area contributed by atoms with Gasteiger partial charge in [-0.2, -0.15) is 15.4 Å². The van der Waals surface area contributed by atoms with Crippen LogP contribution < -0.4 is 5.32 Å². The summed E-state index contributed by atoms with van der Waals surface area (Å²) in [5.41, 5.74) is 2.34. The normalized spacial score (nSPS) is 10.5. The highest BCUT2D eigenvalue weighted by molar-refractivity contribution is 6.05. The first kappa shape index (κ1) is 11.2. The van der Waals surface area contributed by atoms with E-state index < -0.39 is 0 Å². The number of anilines is 1. The Morgan fingerprint density at radius 1 is 1.11 bits per heavy atom. The summed E-state index contributed by atoms with van der Waals surface area (Å²) in [7, 11) is 0. The number of carbonyl (C=O) groups is 1. The number of fused-ring (bicyclic) bond motifs is 1. The Morgan fingerprint density at radius 2 is 1.95 bits per heavy atom. The number of amides is 1. The van der Waals surface area contributed by atoms with Gasteiger partial charge in [-0.1, -0.05) is 6.07 Å². The lowest BCUT2D eigenvalue weighted by molar-refractivity contribution is 0.102. The number of hydrogen-bond donors (Lipinski definition) is 3. The highest BCUT2D eigenvalue weighted by Gasteiger charge is 2.08. The molecular weight excluding hydrogens is 244 g/mol. The van der Waals surface area contributed by atoms with Crippen LogP contribution in [0.25, 0.3) is 11.0 Å². The molecule has 0 saturated carbocycles. The Kier molecular flexibility index (Phi) is 2.60. The minimum absolute atomic E-state index is 0.102. The van der Waals surface area contributed by atoms with Crippen molar-refractivity contribution in [2.24, 2.45) is 0 Å². The first-order valence-corrected chi connectivity index (χ1v) is 5.63. The molecule has 0 spiro atoms. The van der Waals surface area contributed by atoms with E-state index in [1.165, 1.54) is 12.1 Å². The molecule has 0 aliphatic rings. The smallest absolute Gasteiger partial charge is 0.255 e. The number of phenols is 1. The van der Waals surface area contributed by atoms with Gasteiger partial charge in [0.05, 0.1) is 0 Å². The lowest BCUT2D eigenvalue weighted by atomic mass is 10.2. The summed E-state index contributed by atoms with van der Waals surface area (Å²) in [6.45, 7) is 0. The predicted octanol–water partition coefficient (Wildman–Crippen LogP) is 1.92. The van der Waals surface area contributed by atoms with Crippen molar-refractivity contribution in [3.8, 4) is 5.75 Å². The van der Waals surface area contributed by atoms with Gasteiger partial charge >= 0.3 is 0 Å². The summed E-state index contributed by atoms with van der Waals surface area (Å²) in [6, 6.07) is 11.4. The van der Waals surface area contributed by atoms with Crippen molar-refractivity contribution in [1.29, 1.82) is 0 Å². The number of H-pyrrole nitrogens is 1. The van der Waals surface area contributed by atoms with Gasteiger partial charge in [-0.15, -0.1) is 0 Å². The predicted molar refractivity (Wildman–Crippen MR) is 69.9 cm³/mol. The third-order valence-corrected chi connectivity index (χ3v) is 2.68. The standard InChI is InChI=1S/C13H10N4O2/c18-10-3-1-2-9(7-10)14-13(19)8-4-5-11-12(6-8)16-17-15-11/h1-7,18H,(H,14,19)(H,15,16,17).